The molecule has 14 heteroatoms. The summed E-state index contributed by atoms with van der Waals surface area (Å²) in [5.41, 5.74) is -0.350. The Morgan fingerprint density at radius 3 is 2.04 bits per heavy atom. The number of urea groups is 1. The third-order valence-corrected chi connectivity index (χ3v) is 9.04. The number of unbranched alkanes of at least 4 members (excludes halogenated alkanes) is 1. The molecule has 0 bridgehead atoms. The highest BCUT2D eigenvalue weighted by Crippen LogP contribution is 2.40. The molecule has 2 N–H and O–H groups in total. The van der Waals surface area contributed by atoms with E-state index in [1.807, 2.05) is 37.3 Å². The fourth-order valence-electron chi connectivity index (χ4n) is 6.28. The monoisotopic (exact) mass is 627 g/mol. The van der Waals surface area contributed by atoms with Gasteiger partial charge in [-0.25, -0.2) is 9.59 Å². The third kappa shape index (κ3) is 7.32. The summed E-state index contributed by atoms with van der Waals surface area (Å²) in [5, 5.41) is 14.1. The van der Waals surface area contributed by atoms with Crippen LogP contribution in [-0.2, 0) is 39.0 Å². The molecule has 14 nitrogen and oxygen atoms in total. The van der Waals surface area contributed by atoms with Crippen LogP contribution in [-0.4, -0.2) is 105 Å². The second-order valence-corrected chi connectivity index (χ2v) is 11.6. The van der Waals surface area contributed by atoms with E-state index >= 15 is 0 Å². The minimum Gasteiger partial charge on any atom is -0.373 e. The molecule has 7 amide bonds. The van der Waals surface area contributed by atoms with E-state index in [-0.39, 0.29) is 50.5 Å². The Morgan fingerprint density at radius 2 is 1.47 bits per heavy atom. The number of rotatable bonds is 11. The van der Waals surface area contributed by atoms with Gasteiger partial charge in [-0.15, -0.1) is 5.06 Å². The molecule has 0 spiro atoms. The lowest BCUT2D eigenvalue weighted by Gasteiger charge is -2.38. The normalized spacial score (nSPS) is 24.1. The number of carbonyl (C=O) groups is 7. The number of carbonyl (C=O) groups excluding carboxylic acids is 7. The molecule has 3 saturated heterocycles. The van der Waals surface area contributed by atoms with Crippen molar-refractivity contribution in [1.82, 2.24) is 25.1 Å². The van der Waals surface area contributed by atoms with E-state index in [4.69, 9.17) is 4.84 Å². The van der Waals surface area contributed by atoms with Crippen molar-refractivity contribution in [1.29, 1.82) is 0 Å². The van der Waals surface area contributed by atoms with Gasteiger partial charge in [0.1, 0.15) is 6.23 Å². The van der Waals surface area contributed by atoms with Gasteiger partial charge in [-0.3, -0.25) is 34.2 Å². The summed E-state index contributed by atoms with van der Waals surface area (Å²) in [4.78, 5) is 96.0. The molecule has 45 heavy (non-hydrogen) atoms. The number of hydrogen-bond acceptors (Lipinski definition) is 9. The van der Waals surface area contributed by atoms with Crippen molar-refractivity contribution in [3.8, 4) is 0 Å². The van der Waals surface area contributed by atoms with Gasteiger partial charge in [-0.1, -0.05) is 44.2 Å². The SMILES string of the molecule is CCC1(c2ccccc2)C(=O)NC(=O)N(CCCCC(=O)N2CCN(C(=O)CCC(=O)ON3C(=O)CCC3=O)CC2)C(O)C1C. The second kappa shape index (κ2) is 14.6. The number of hydroxylamine groups is 2. The number of imide groups is 2. The molecule has 1 aromatic carbocycles. The Bertz CT molecular complexity index is 1300. The van der Waals surface area contributed by atoms with Crippen LogP contribution in [0.5, 0.6) is 0 Å². The number of aliphatic hydroxyl groups excluding tert-OH is 1. The quantitative estimate of drug-likeness (QED) is 0.269. The first-order chi connectivity index (χ1) is 21.5. The number of nitrogens with one attached hydrogen (secondary N) is 1. The second-order valence-electron chi connectivity index (χ2n) is 11.6. The molecule has 3 unspecified atom stereocenters. The van der Waals surface area contributed by atoms with Gasteiger partial charge < -0.3 is 19.7 Å². The summed E-state index contributed by atoms with van der Waals surface area (Å²) < 4.78 is 0. The Labute approximate surface area is 261 Å². The molecule has 0 saturated carbocycles. The summed E-state index contributed by atoms with van der Waals surface area (Å²) >= 11 is 0. The van der Waals surface area contributed by atoms with Crippen molar-refractivity contribution >= 4 is 41.5 Å². The number of aliphatic hydroxyl groups is 1. The lowest BCUT2D eigenvalue weighted by molar-refractivity contribution is -0.197. The molecule has 1 aromatic rings. The van der Waals surface area contributed by atoms with Crippen molar-refractivity contribution in [3.05, 3.63) is 35.9 Å². The highest BCUT2D eigenvalue weighted by Gasteiger charge is 2.51. The molecule has 0 aliphatic carbocycles. The van der Waals surface area contributed by atoms with E-state index in [1.165, 1.54) is 4.90 Å². The lowest BCUT2D eigenvalue weighted by atomic mass is 9.67. The van der Waals surface area contributed by atoms with Gasteiger partial charge in [0.15, 0.2) is 0 Å². The smallest absolute Gasteiger partial charge is 0.333 e. The average molecular weight is 628 g/mol. The maximum absolute atomic E-state index is 13.3. The highest BCUT2D eigenvalue weighted by molar-refractivity contribution is 6.02. The molecule has 3 aliphatic rings. The maximum atomic E-state index is 13.3. The van der Waals surface area contributed by atoms with Crippen molar-refractivity contribution in [2.24, 2.45) is 5.92 Å². The van der Waals surface area contributed by atoms with Crippen LogP contribution in [0.15, 0.2) is 30.3 Å². The third-order valence-electron chi connectivity index (χ3n) is 9.04. The summed E-state index contributed by atoms with van der Waals surface area (Å²) in [5.74, 6) is -3.42. The topological polar surface area (TPSA) is 174 Å². The summed E-state index contributed by atoms with van der Waals surface area (Å²) in [7, 11) is 0. The Balaban J connectivity index is 1.19. The van der Waals surface area contributed by atoms with E-state index < -0.39 is 47.3 Å². The molecule has 3 heterocycles. The van der Waals surface area contributed by atoms with E-state index in [9.17, 15) is 38.7 Å². The number of hydrogen-bond donors (Lipinski definition) is 2. The first-order valence-corrected chi connectivity index (χ1v) is 15.5. The van der Waals surface area contributed by atoms with Crippen LogP contribution >= 0.6 is 0 Å². The van der Waals surface area contributed by atoms with Gasteiger partial charge in [-0.05, 0) is 24.8 Å². The van der Waals surface area contributed by atoms with Crippen LogP contribution in [0, 0.1) is 5.92 Å². The van der Waals surface area contributed by atoms with Crippen LogP contribution in [0.25, 0.3) is 0 Å². The summed E-state index contributed by atoms with van der Waals surface area (Å²) in [6.45, 7) is 5.05. The zero-order valence-corrected chi connectivity index (χ0v) is 25.7. The van der Waals surface area contributed by atoms with Crippen LogP contribution < -0.4 is 5.32 Å². The van der Waals surface area contributed by atoms with Gasteiger partial charge in [0.05, 0.1) is 11.8 Å². The van der Waals surface area contributed by atoms with Gasteiger partial charge >= 0.3 is 12.0 Å². The molecule has 0 aromatic heterocycles. The molecular weight excluding hydrogens is 586 g/mol. The first-order valence-electron chi connectivity index (χ1n) is 15.5. The maximum Gasteiger partial charge on any atom is 0.333 e. The number of benzene rings is 1. The van der Waals surface area contributed by atoms with Crippen molar-refractivity contribution in [2.45, 2.75) is 76.9 Å². The number of amides is 7. The average Bonchev–Trinajstić information content (AvgIpc) is 3.33. The van der Waals surface area contributed by atoms with Crippen LogP contribution in [0.1, 0.15) is 70.8 Å². The summed E-state index contributed by atoms with van der Waals surface area (Å²) in [6.07, 6.45) is -0.146. The molecule has 3 fully saturated rings. The highest BCUT2D eigenvalue weighted by atomic mass is 16.7. The predicted octanol–water partition coefficient (Wildman–Crippen LogP) is 1.07. The van der Waals surface area contributed by atoms with Gasteiger partial charge in [-0.2, -0.15) is 0 Å². The largest absolute Gasteiger partial charge is 0.373 e. The van der Waals surface area contributed by atoms with Crippen molar-refractivity contribution in [2.75, 3.05) is 32.7 Å². The van der Waals surface area contributed by atoms with E-state index in [2.05, 4.69) is 5.32 Å². The van der Waals surface area contributed by atoms with Crippen molar-refractivity contribution < 1.29 is 43.5 Å². The fourth-order valence-corrected chi connectivity index (χ4v) is 6.28. The van der Waals surface area contributed by atoms with Gasteiger partial charge in [0.2, 0.25) is 17.7 Å². The van der Waals surface area contributed by atoms with E-state index in [1.54, 1.807) is 16.7 Å². The Morgan fingerprint density at radius 1 is 0.889 bits per heavy atom. The fraction of sp³-hybridized carbons (Fsp3) is 0.581. The van der Waals surface area contributed by atoms with E-state index in [0.29, 0.717) is 50.5 Å². The molecule has 3 atom stereocenters. The first kappa shape index (κ1) is 33.6. The minimum atomic E-state index is -1.20. The molecule has 0 radical (unpaired) electrons. The standard InChI is InChI=1S/C31H41N5O9/c1-3-31(22-9-5-4-6-10-22)21(2)28(42)35(30(44)32-29(31)43)16-8-7-11-23(37)33-17-19-34(20-18-33)24(38)14-15-27(41)45-36-25(39)12-13-26(36)40/h4-6,9-10,21,28,42H,3,7-8,11-20H2,1-2H3,(H,32,43,44). The lowest BCUT2D eigenvalue weighted by Crippen LogP contribution is -2.50. The molecular formula is C31H41N5O9. The summed E-state index contributed by atoms with van der Waals surface area (Å²) in [6, 6.07) is 8.48. The predicted molar refractivity (Wildman–Crippen MR) is 157 cm³/mol. The zero-order chi connectivity index (χ0) is 32.7. The number of piperazine rings is 1. The van der Waals surface area contributed by atoms with Crippen LogP contribution in [0.2, 0.25) is 0 Å². The zero-order valence-electron chi connectivity index (χ0n) is 25.7. The van der Waals surface area contributed by atoms with Crippen molar-refractivity contribution in [3.63, 3.8) is 0 Å². The number of nitrogens with zero attached hydrogens (tertiary/aromatic N) is 4. The van der Waals surface area contributed by atoms with Gasteiger partial charge in [0, 0.05) is 64.3 Å². The van der Waals surface area contributed by atoms with Crippen LogP contribution in [0.4, 0.5) is 4.79 Å². The Kier molecular flexibility index (Phi) is 10.9. The minimum absolute atomic E-state index is 0.0109. The molecule has 4 rings (SSSR count). The van der Waals surface area contributed by atoms with Gasteiger partial charge in [0.25, 0.3) is 11.8 Å². The molecule has 3 aliphatic heterocycles. The van der Waals surface area contributed by atoms with Crippen LogP contribution in [0.3, 0.4) is 0 Å². The van der Waals surface area contributed by atoms with E-state index in [0.717, 1.165) is 5.56 Å². The Hall–Kier alpha value is -4.33. The molecule has 244 valence electrons.